The molecule has 0 radical (unpaired) electrons. The summed E-state index contributed by atoms with van der Waals surface area (Å²) in [5.41, 5.74) is 0.806. The molecule has 2 saturated heterocycles. The Balaban J connectivity index is 0.000000181. The Morgan fingerprint density at radius 3 is 1.84 bits per heavy atom. The molecule has 44 heavy (non-hydrogen) atoms. The van der Waals surface area contributed by atoms with E-state index >= 15 is 0 Å². The lowest BCUT2D eigenvalue weighted by atomic mass is 9.98. The van der Waals surface area contributed by atoms with Crippen LogP contribution in [0.2, 0.25) is 0 Å². The lowest BCUT2D eigenvalue weighted by molar-refractivity contribution is -0.136. The Hall–Kier alpha value is -3.47. The van der Waals surface area contributed by atoms with Crippen LogP contribution in [0.4, 0.5) is 0 Å². The number of amides is 1. The molecule has 0 aromatic carbocycles. The summed E-state index contributed by atoms with van der Waals surface area (Å²) in [5.74, 6) is 0.132. The summed E-state index contributed by atoms with van der Waals surface area (Å²) in [6, 6.07) is 6.81. The quantitative estimate of drug-likeness (QED) is 0.306. The first-order valence-electron chi connectivity index (χ1n) is 14.9. The summed E-state index contributed by atoms with van der Waals surface area (Å²) >= 11 is 0. The van der Waals surface area contributed by atoms with Crippen molar-refractivity contribution in [2.75, 3.05) is 39.3 Å². The van der Waals surface area contributed by atoms with E-state index in [2.05, 4.69) is 37.3 Å². The highest BCUT2D eigenvalue weighted by molar-refractivity contribution is 7.89. The van der Waals surface area contributed by atoms with E-state index in [-0.39, 0.29) is 28.4 Å². The maximum Gasteiger partial charge on any atom is 0.260 e. The van der Waals surface area contributed by atoms with Gasteiger partial charge in [-0.2, -0.15) is 18.8 Å². The molecule has 0 saturated carbocycles. The van der Waals surface area contributed by atoms with E-state index in [1.807, 2.05) is 13.8 Å². The van der Waals surface area contributed by atoms with Crippen LogP contribution in [0.3, 0.4) is 0 Å². The molecule has 0 aliphatic carbocycles. The first kappa shape index (κ1) is 31.9. The van der Waals surface area contributed by atoms with Crippen LogP contribution in [-0.4, -0.2) is 106 Å². The van der Waals surface area contributed by atoms with E-state index in [4.69, 9.17) is 0 Å². The third-order valence-corrected chi connectivity index (χ3v) is 11.9. The summed E-state index contributed by atoms with van der Waals surface area (Å²) in [7, 11) is -7.25. The summed E-state index contributed by atoms with van der Waals surface area (Å²) < 4.78 is 54.3. The molecule has 2 aliphatic heterocycles. The summed E-state index contributed by atoms with van der Waals surface area (Å²) in [6.45, 7) is 8.98. The largest absolute Gasteiger partial charge is 0.343 e. The molecule has 6 heterocycles. The number of aromatic nitrogens is 6. The lowest BCUT2D eigenvalue weighted by Crippen LogP contribution is -2.46. The summed E-state index contributed by atoms with van der Waals surface area (Å²) in [4.78, 5) is 22.5. The molecule has 16 heteroatoms. The first-order chi connectivity index (χ1) is 21.1. The monoisotopic (exact) mass is 645 g/mol. The average molecular weight is 646 g/mol. The Morgan fingerprint density at radius 1 is 0.841 bits per heavy atom. The Bertz CT molecular complexity index is 1820. The van der Waals surface area contributed by atoms with Gasteiger partial charge >= 0.3 is 0 Å². The van der Waals surface area contributed by atoms with Crippen LogP contribution in [0.1, 0.15) is 46.5 Å². The van der Waals surface area contributed by atoms with Crippen LogP contribution in [0.5, 0.6) is 0 Å². The number of carbonyl (C=O) groups excluding carboxylic acids is 1. The van der Waals surface area contributed by atoms with Crippen LogP contribution < -0.4 is 0 Å². The lowest BCUT2D eigenvalue weighted by Gasteiger charge is -2.33. The molecule has 238 valence electrons. The number of fused-ring (bicyclic) bond motifs is 2. The molecule has 0 spiro atoms. The zero-order valence-electron chi connectivity index (χ0n) is 25.2. The number of carbonyl (C=O) groups is 1. The molecule has 14 nitrogen and oxygen atoms in total. The number of pyridine rings is 2. The normalized spacial score (nSPS) is 20.3. The van der Waals surface area contributed by atoms with Gasteiger partial charge in [0.25, 0.3) is 20.0 Å². The fourth-order valence-corrected chi connectivity index (χ4v) is 9.11. The second-order valence-electron chi connectivity index (χ2n) is 11.2. The topological polar surface area (TPSA) is 178 Å². The molecule has 6 rings (SSSR count). The first-order valence-corrected chi connectivity index (χ1v) is 17.8. The van der Waals surface area contributed by atoms with Crippen molar-refractivity contribution in [3.63, 3.8) is 0 Å². The number of aromatic amines is 2. The number of nitrogens with one attached hydrogen (secondary N) is 2. The highest BCUT2D eigenvalue weighted by atomic mass is 32.2. The Kier molecular flexibility index (Phi) is 9.62. The molecule has 2 atom stereocenters. The SMILES string of the molecule is CC1CCCN(S(=O)(=O)c2[nH]nc3ncccc23)C1.CCN(CC)C(=O)C1CCCN(S(=O)(=O)c2[nH]nc3ncccc23)C1. The number of H-pyrrole nitrogens is 2. The average Bonchev–Trinajstić information content (AvgIpc) is 3.68. The molecule has 2 N–H and O–H groups in total. The highest BCUT2D eigenvalue weighted by Crippen LogP contribution is 2.28. The fraction of sp³-hybridized carbons (Fsp3) is 0.536. The molecule has 2 unspecified atom stereocenters. The van der Waals surface area contributed by atoms with Gasteiger partial charge < -0.3 is 4.90 Å². The minimum atomic E-state index is -3.75. The Morgan fingerprint density at radius 2 is 1.34 bits per heavy atom. The molecular formula is C28H39N9O5S2. The zero-order chi connectivity index (χ0) is 31.5. The number of hydrogen-bond acceptors (Lipinski definition) is 9. The van der Waals surface area contributed by atoms with Crippen LogP contribution in [0.25, 0.3) is 22.1 Å². The van der Waals surface area contributed by atoms with Crippen LogP contribution in [0.15, 0.2) is 46.7 Å². The van der Waals surface area contributed by atoms with Gasteiger partial charge in [-0.1, -0.05) is 6.92 Å². The van der Waals surface area contributed by atoms with Gasteiger partial charge in [0.1, 0.15) is 0 Å². The van der Waals surface area contributed by atoms with Gasteiger partial charge in [-0.3, -0.25) is 15.0 Å². The zero-order valence-corrected chi connectivity index (χ0v) is 26.8. The molecule has 1 amide bonds. The van der Waals surface area contributed by atoms with E-state index in [1.54, 1.807) is 45.9 Å². The molecule has 2 aliphatic rings. The molecule has 0 bridgehead atoms. The van der Waals surface area contributed by atoms with E-state index in [1.165, 1.54) is 4.31 Å². The van der Waals surface area contributed by atoms with Gasteiger partial charge in [-0.15, -0.1) is 0 Å². The van der Waals surface area contributed by atoms with Crippen molar-refractivity contribution in [2.45, 2.75) is 56.5 Å². The number of rotatable bonds is 7. The second kappa shape index (κ2) is 13.3. The van der Waals surface area contributed by atoms with E-state index in [0.29, 0.717) is 73.6 Å². The third kappa shape index (κ3) is 6.34. The summed E-state index contributed by atoms with van der Waals surface area (Å²) in [6.07, 6.45) is 6.54. The predicted octanol–water partition coefficient (Wildman–Crippen LogP) is 2.61. The standard InChI is InChI=1S/C16H23N5O3S.C12H16N4O2S/c1-3-20(4-2)16(22)12-7-6-10-21(11-12)25(23,24)15-13-8-5-9-17-14(13)18-19-15;1-9-4-3-7-16(8-9)19(17,18)12-10-5-2-6-13-11(10)14-15-12/h5,8-9,12H,3-4,6-7,10-11H2,1-2H3,(H,17,18,19);2,5-6,9H,3-4,7-8H2,1H3,(H,13,14,15). The van der Waals surface area contributed by atoms with E-state index < -0.39 is 20.0 Å². The third-order valence-electron chi connectivity index (χ3n) is 8.21. The van der Waals surface area contributed by atoms with Crippen molar-refractivity contribution in [3.05, 3.63) is 36.7 Å². The maximum absolute atomic E-state index is 13.0. The minimum Gasteiger partial charge on any atom is -0.343 e. The van der Waals surface area contributed by atoms with Gasteiger partial charge in [0, 0.05) is 51.7 Å². The van der Waals surface area contributed by atoms with Crippen molar-refractivity contribution in [1.82, 2.24) is 43.9 Å². The van der Waals surface area contributed by atoms with Crippen LogP contribution >= 0.6 is 0 Å². The smallest absolute Gasteiger partial charge is 0.260 e. The van der Waals surface area contributed by atoms with Gasteiger partial charge in [-0.25, -0.2) is 26.8 Å². The van der Waals surface area contributed by atoms with Crippen LogP contribution in [0, 0.1) is 11.8 Å². The fourth-order valence-electron chi connectivity index (χ4n) is 5.83. The Labute approximate surface area is 257 Å². The number of hydrogen-bond donors (Lipinski definition) is 2. The van der Waals surface area contributed by atoms with Gasteiger partial charge in [0.15, 0.2) is 21.3 Å². The summed E-state index contributed by atoms with van der Waals surface area (Å²) in [5, 5.41) is 14.4. The highest BCUT2D eigenvalue weighted by Gasteiger charge is 2.36. The molecule has 4 aromatic heterocycles. The second-order valence-corrected chi connectivity index (χ2v) is 14.9. The van der Waals surface area contributed by atoms with Crippen molar-refractivity contribution in [3.8, 4) is 0 Å². The molecule has 4 aromatic rings. The number of sulfonamides is 2. The van der Waals surface area contributed by atoms with Crippen molar-refractivity contribution in [2.24, 2.45) is 11.8 Å². The maximum atomic E-state index is 13.0. The predicted molar refractivity (Wildman–Crippen MR) is 164 cm³/mol. The molecule has 2 fully saturated rings. The minimum absolute atomic E-state index is 0.0287. The van der Waals surface area contributed by atoms with Crippen LogP contribution in [-0.2, 0) is 24.8 Å². The van der Waals surface area contributed by atoms with Gasteiger partial charge in [-0.05, 0) is 69.7 Å². The number of piperidine rings is 2. The van der Waals surface area contributed by atoms with E-state index in [0.717, 1.165) is 12.8 Å². The van der Waals surface area contributed by atoms with Gasteiger partial charge in [0.05, 0.1) is 16.7 Å². The number of nitrogens with zero attached hydrogens (tertiary/aromatic N) is 7. The van der Waals surface area contributed by atoms with Crippen molar-refractivity contribution < 1.29 is 21.6 Å². The van der Waals surface area contributed by atoms with Crippen molar-refractivity contribution in [1.29, 1.82) is 0 Å². The van der Waals surface area contributed by atoms with Gasteiger partial charge in [0.2, 0.25) is 5.91 Å². The molecular weight excluding hydrogens is 606 g/mol. The van der Waals surface area contributed by atoms with Crippen molar-refractivity contribution >= 4 is 48.0 Å². The van der Waals surface area contributed by atoms with E-state index in [9.17, 15) is 21.6 Å².